The van der Waals surface area contributed by atoms with E-state index in [0.29, 0.717) is 16.8 Å². The Bertz CT molecular complexity index is 1140. The second-order valence-electron chi connectivity index (χ2n) is 7.59. The number of hydrogen-bond acceptors (Lipinski definition) is 5. The molecule has 0 radical (unpaired) electrons. The molecular formula is C24H25FN4OS2. The topological polar surface area (TPSA) is 54.2 Å². The van der Waals surface area contributed by atoms with Crippen LogP contribution in [0.1, 0.15) is 44.2 Å². The molecule has 3 aromatic rings. The molecule has 0 bridgehead atoms. The van der Waals surface area contributed by atoms with E-state index in [1.54, 1.807) is 17.8 Å². The smallest absolute Gasteiger partial charge is 0.258 e. The first-order valence-electron chi connectivity index (χ1n) is 10.5. The Hall–Kier alpha value is -2.71. The van der Waals surface area contributed by atoms with Crippen LogP contribution in [0.5, 0.6) is 0 Å². The normalized spacial score (nSPS) is 16.4. The van der Waals surface area contributed by atoms with Gasteiger partial charge in [0.25, 0.3) is 5.89 Å². The number of benzene rings is 2. The summed E-state index contributed by atoms with van der Waals surface area (Å²) in [5.41, 5.74) is 3.37. The maximum absolute atomic E-state index is 14.0. The zero-order chi connectivity index (χ0) is 22.7. The number of rotatable bonds is 7. The molecule has 1 unspecified atom stereocenters. The third-order valence-electron chi connectivity index (χ3n) is 5.52. The van der Waals surface area contributed by atoms with Crippen LogP contribution in [0.15, 0.2) is 63.6 Å². The molecule has 1 N–H and O–H groups in total. The second-order valence-corrected chi connectivity index (χ2v) is 8.86. The highest BCUT2D eigenvalue weighted by Crippen LogP contribution is 2.37. The minimum atomic E-state index is -0.386. The summed E-state index contributed by atoms with van der Waals surface area (Å²) in [5, 5.41) is 8.20. The summed E-state index contributed by atoms with van der Waals surface area (Å²) < 4.78 is 19.8. The van der Waals surface area contributed by atoms with Crippen LogP contribution in [-0.4, -0.2) is 33.0 Å². The van der Waals surface area contributed by atoms with Crippen molar-refractivity contribution in [2.75, 3.05) is 12.8 Å². The van der Waals surface area contributed by atoms with E-state index in [1.165, 1.54) is 17.0 Å². The lowest BCUT2D eigenvalue weighted by Crippen LogP contribution is -2.46. The standard InChI is InChI=1S/C24H25FN4OS2/c1-4-5-13-29-15(2)20(21(26-24(29)31)17-7-6-8-18(25)14-17)23-27-22(28-30-23)16-9-11-19(32-3)12-10-16/h6-12,14,21H,4-5,13H2,1-3H3,(H,26,31). The number of aromatic nitrogens is 2. The fraction of sp³-hybridized carbons (Fsp3) is 0.292. The maximum Gasteiger partial charge on any atom is 0.258 e. The van der Waals surface area contributed by atoms with Gasteiger partial charge in [0.15, 0.2) is 5.11 Å². The Labute approximate surface area is 197 Å². The van der Waals surface area contributed by atoms with E-state index in [9.17, 15) is 4.39 Å². The molecule has 5 nitrogen and oxygen atoms in total. The van der Waals surface area contributed by atoms with Crippen molar-refractivity contribution in [3.05, 3.63) is 71.5 Å². The first kappa shape index (κ1) is 22.5. The largest absolute Gasteiger partial charge is 0.351 e. The molecule has 0 saturated heterocycles. The fourth-order valence-corrected chi connectivity index (χ4v) is 4.52. The van der Waals surface area contributed by atoms with Crippen LogP contribution < -0.4 is 5.32 Å². The number of hydrogen-bond donors (Lipinski definition) is 1. The van der Waals surface area contributed by atoms with Gasteiger partial charge in [0.1, 0.15) is 5.82 Å². The molecule has 2 heterocycles. The van der Waals surface area contributed by atoms with Gasteiger partial charge in [-0.25, -0.2) is 4.39 Å². The lowest BCUT2D eigenvalue weighted by molar-refractivity contribution is 0.395. The molecule has 2 aromatic carbocycles. The van der Waals surface area contributed by atoms with Crippen molar-refractivity contribution in [3.63, 3.8) is 0 Å². The SMILES string of the molecule is CCCCN1C(=S)NC(c2cccc(F)c2)C(c2nc(-c3ccc(SC)cc3)no2)=C1C. The van der Waals surface area contributed by atoms with Crippen molar-refractivity contribution >= 4 is 34.7 Å². The molecule has 1 aromatic heterocycles. The molecule has 0 aliphatic carbocycles. The molecule has 1 aliphatic rings. The Kier molecular flexibility index (Phi) is 6.91. The average molecular weight is 469 g/mol. The monoisotopic (exact) mass is 468 g/mol. The molecule has 0 fully saturated rings. The summed E-state index contributed by atoms with van der Waals surface area (Å²) >= 11 is 7.33. The predicted molar refractivity (Wildman–Crippen MR) is 131 cm³/mol. The van der Waals surface area contributed by atoms with E-state index in [0.717, 1.165) is 41.8 Å². The van der Waals surface area contributed by atoms with E-state index >= 15 is 0 Å². The van der Waals surface area contributed by atoms with E-state index in [2.05, 4.69) is 22.3 Å². The molecule has 166 valence electrons. The number of halogens is 1. The third-order valence-corrected chi connectivity index (χ3v) is 6.60. The minimum Gasteiger partial charge on any atom is -0.351 e. The van der Waals surface area contributed by atoms with E-state index in [4.69, 9.17) is 21.7 Å². The summed E-state index contributed by atoms with van der Waals surface area (Å²) in [4.78, 5) is 7.92. The highest BCUT2D eigenvalue weighted by Gasteiger charge is 2.34. The van der Waals surface area contributed by atoms with Crippen molar-refractivity contribution in [1.29, 1.82) is 0 Å². The Morgan fingerprint density at radius 1 is 1.22 bits per heavy atom. The molecule has 0 amide bonds. The second kappa shape index (κ2) is 9.83. The van der Waals surface area contributed by atoms with Gasteiger partial charge in [-0.05, 0) is 73.8 Å². The maximum atomic E-state index is 14.0. The highest BCUT2D eigenvalue weighted by molar-refractivity contribution is 7.98. The molecule has 8 heteroatoms. The van der Waals surface area contributed by atoms with Gasteiger partial charge in [0.05, 0.1) is 11.6 Å². The van der Waals surface area contributed by atoms with Crippen LogP contribution in [-0.2, 0) is 0 Å². The Morgan fingerprint density at radius 2 is 2.00 bits per heavy atom. The van der Waals surface area contributed by atoms with Gasteiger partial charge in [0, 0.05) is 22.7 Å². The fourth-order valence-electron chi connectivity index (χ4n) is 3.77. The van der Waals surface area contributed by atoms with Gasteiger partial charge in [-0.2, -0.15) is 4.98 Å². The van der Waals surface area contributed by atoms with Gasteiger partial charge < -0.3 is 14.7 Å². The van der Waals surface area contributed by atoms with Crippen LogP contribution >= 0.6 is 24.0 Å². The zero-order valence-electron chi connectivity index (χ0n) is 18.3. The number of unbranched alkanes of at least 4 members (excludes halogenated alkanes) is 1. The summed E-state index contributed by atoms with van der Waals surface area (Å²) in [5.74, 6) is 0.608. The Morgan fingerprint density at radius 3 is 2.69 bits per heavy atom. The first-order chi connectivity index (χ1) is 15.5. The predicted octanol–water partition coefficient (Wildman–Crippen LogP) is 6.06. The van der Waals surface area contributed by atoms with E-state index in [1.807, 2.05) is 43.5 Å². The van der Waals surface area contributed by atoms with Crippen LogP contribution in [0, 0.1) is 5.82 Å². The lowest BCUT2D eigenvalue weighted by Gasteiger charge is -2.37. The molecular weight excluding hydrogens is 443 g/mol. The number of thioether (sulfide) groups is 1. The zero-order valence-corrected chi connectivity index (χ0v) is 19.9. The van der Waals surface area contributed by atoms with Crippen LogP contribution in [0.25, 0.3) is 17.0 Å². The number of allylic oxidation sites excluding steroid dienone is 1. The van der Waals surface area contributed by atoms with Crippen molar-refractivity contribution in [2.45, 2.75) is 37.6 Å². The molecule has 32 heavy (non-hydrogen) atoms. The highest BCUT2D eigenvalue weighted by atomic mass is 32.2. The molecule has 0 saturated carbocycles. The quantitative estimate of drug-likeness (QED) is 0.334. The van der Waals surface area contributed by atoms with Gasteiger partial charge >= 0.3 is 0 Å². The van der Waals surface area contributed by atoms with Crippen LogP contribution in [0.3, 0.4) is 0 Å². The van der Waals surface area contributed by atoms with E-state index in [-0.39, 0.29) is 11.9 Å². The Balaban J connectivity index is 1.78. The number of thiocarbonyl (C=S) groups is 1. The third kappa shape index (κ3) is 4.56. The molecule has 4 rings (SSSR count). The summed E-state index contributed by atoms with van der Waals surface area (Å²) in [6, 6.07) is 14.1. The molecule has 1 atom stereocenters. The van der Waals surface area contributed by atoms with Gasteiger partial charge in [-0.3, -0.25) is 0 Å². The van der Waals surface area contributed by atoms with Crippen molar-refractivity contribution in [1.82, 2.24) is 20.4 Å². The lowest BCUT2D eigenvalue weighted by atomic mass is 9.94. The van der Waals surface area contributed by atoms with Crippen LogP contribution in [0.4, 0.5) is 4.39 Å². The van der Waals surface area contributed by atoms with Crippen molar-refractivity contribution < 1.29 is 8.91 Å². The van der Waals surface area contributed by atoms with Crippen molar-refractivity contribution in [3.8, 4) is 11.4 Å². The number of nitrogens with one attached hydrogen (secondary N) is 1. The summed E-state index contributed by atoms with van der Waals surface area (Å²) in [6.07, 6.45) is 4.08. The first-order valence-corrected chi connectivity index (χ1v) is 12.2. The summed E-state index contributed by atoms with van der Waals surface area (Å²) in [7, 11) is 0. The average Bonchev–Trinajstić information content (AvgIpc) is 3.28. The van der Waals surface area contributed by atoms with E-state index < -0.39 is 0 Å². The minimum absolute atomic E-state index is 0.305. The van der Waals surface area contributed by atoms with Gasteiger partial charge in [0.2, 0.25) is 5.82 Å². The van der Waals surface area contributed by atoms with Gasteiger partial charge in [-0.15, -0.1) is 11.8 Å². The number of nitrogens with zero attached hydrogens (tertiary/aromatic N) is 3. The molecule has 1 aliphatic heterocycles. The van der Waals surface area contributed by atoms with Gasteiger partial charge in [-0.1, -0.05) is 30.6 Å². The van der Waals surface area contributed by atoms with Crippen molar-refractivity contribution in [2.24, 2.45) is 0 Å². The summed E-state index contributed by atoms with van der Waals surface area (Å²) in [6.45, 7) is 4.93. The van der Waals surface area contributed by atoms with Crippen LogP contribution in [0.2, 0.25) is 0 Å². The molecule has 0 spiro atoms.